The summed E-state index contributed by atoms with van der Waals surface area (Å²) in [6.07, 6.45) is 2.42. The molecule has 1 saturated carbocycles. The maximum absolute atomic E-state index is 9.40. The third-order valence-corrected chi connectivity index (χ3v) is 3.12. The molecule has 1 aliphatic carbocycles. The fourth-order valence-corrected chi connectivity index (χ4v) is 2.21. The lowest BCUT2D eigenvalue weighted by Gasteiger charge is -2.32. The first-order valence-electron chi connectivity index (χ1n) is 6.89. The van der Waals surface area contributed by atoms with Gasteiger partial charge in [0.25, 0.3) is 0 Å². The molecule has 104 valence electrons. The van der Waals surface area contributed by atoms with Crippen LogP contribution in [-0.4, -0.2) is 49.8 Å². The fraction of sp³-hybridized carbons (Fsp3) is 0.929. The fourth-order valence-electron chi connectivity index (χ4n) is 2.21. The molecule has 0 aliphatic heterocycles. The molecule has 0 radical (unpaired) electrons. The lowest BCUT2D eigenvalue weighted by molar-refractivity contribution is 0.125. The molecule has 4 heteroatoms. The van der Waals surface area contributed by atoms with Crippen molar-refractivity contribution in [2.45, 2.75) is 45.2 Å². The van der Waals surface area contributed by atoms with Gasteiger partial charge in [0, 0.05) is 32.8 Å². The van der Waals surface area contributed by atoms with E-state index in [0.29, 0.717) is 12.0 Å². The van der Waals surface area contributed by atoms with Crippen molar-refractivity contribution in [3.8, 4) is 6.07 Å². The Balaban J connectivity index is 2.51. The lowest BCUT2D eigenvalue weighted by Crippen LogP contribution is -2.52. The zero-order chi connectivity index (χ0) is 13.6. The smallest absolute Gasteiger partial charge is 0.116 e. The number of nitriles is 1. The topological polar surface area (TPSA) is 48.3 Å². The Hall–Kier alpha value is -0.630. The van der Waals surface area contributed by atoms with Gasteiger partial charge in [-0.1, -0.05) is 13.8 Å². The zero-order valence-electron chi connectivity index (χ0n) is 12.2. The van der Waals surface area contributed by atoms with Gasteiger partial charge < -0.3 is 4.74 Å². The molecule has 0 bridgehead atoms. The van der Waals surface area contributed by atoms with Crippen LogP contribution in [0.25, 0.3) is 0 Å². The number of ether oxygens (including phenoxy) is 1. The van der Waals surface area contributed by atoms with E-state index in [1.165, 1.54) is 12.8 Å². The normalized spacial score (nSPS) is 18.9. The van der Waals surface area contributed by atoms with E-state index in [1.54, 1.807) is 7.11 Å². The van der Waals surface area contributed by atoms with Gasteiger partial charge in [-0.25, -0.2) is 0 Å². The molecule has 0 aromatic heterocycles. The number of methoxy groups -OCH3 is 1. The van der Waals surface area contributed by atoms with Gasteiger partial charge in [-0.15, -0.1) is 0 Å². The highest BCUT2D eigenvalue weighted by molar-refractivity contribution is 5.09. The average Bonchev–Trinajstić information content (AvgIpc) is 3.09. The summed E-state index contributed by atoms with van der Waals surface area (Å²) in [5.41, 5.74) is -0.441. The minimum Gasteiger partial charge on any atom is -0.383 e. The van der Waals surface area contributed by atoms with E-state index in [4.69, 9.17) is 4.74 Å². The highest BCUT2D eigenvalue weighted by Gasteiger charge is 2.33. The maximum atomic E-state index is 9.40. The van der Waals surface area contributed by atoms with Crippen molar-refractivity contribution < 1.29 is 4.74 Å². The number of hydrogen-bond donors (Lipinski definition) is 1. The number of nitrogens with one attached hydrogen (secondary N) is 1. The molecular formula is C14H27N3O. The van der Waals surface area contributed by atoms with Gasteiger partial charge >= 0.3 is 0 Å². The second-order valence-electron chi connectivity index (χ2n) is 5.98. The minimum atomic E-state index is -0.441. The van der Waals surface area contributed by atoms with Gasteiger partial charge in [0.15, 0.2) is 0 Å². The van der Waals surface area contributed by atoms with Crippen molar-refractivity contribution in [1.29, 1.82) is 5.26 Å². The highest BCUT2D eigenvalue weighted by Crippen LogP contribution is 2.22. The van der Waals surface area contributed by atoms with E-state index in [1.807, 2.05) is 6.92 Å². The molecular weight excluding hydrogens is 226 g/mol. The quantitative estimate of drug-likeness (QED) is 0.678. The molecule has 4 nitrogen and oxygen atoms in total. The van der Waals surface area contributed by atoms with Crippen molar-refractivity contribution in [2.75, 3.05) is 33.4 Å². The van der Waals surface area contributed by atoms with Crippen molar-refractivity contribution in [1.82, 2.24) is 10.2 Å². The Morgan fingerprint density at radius 1 is 1.50 bits per heavy atom. The molecule has 1 atom stereocenters. The first-order chi connectivity index (χ1) is 8.49. The monoisotopic (exact) mass is 253 g/mol. The molecule has 0 aromatic rings. The zero-order valence-corrected chi connectivity index (χ0v) is 12.2. The highest BCUT2D eigenvalue weighted by atomic mass is 16.5. The SMILES string of the molecule is COCCN(CC(C)C)CC(C)(C#N)NC1CC1. The van der Waals surface area contributed by atoms with Crippen LogP contribution in [-0.2, 0) is 4.74 Å². The standard InChI is InChI=1S/C14H27N3O/c1-12(2)9-17(7-8-18-4)11-14(3,10-15)16-13-5-6-13/h12-13,16H,5-9,11H2,1-4H3. The molecule has 1 rings (SSSR count). The van der Waals surface area contributed by atoms with Crippen molar-refractivity contribution in [3.63, 3.8) is 0 Å². The van der Waals surface area contributed by atoms with E-state index >= 15 is 0 Å². The van der Waals surface area contributed by atoms with Crippen LogP contribution in [0.15, 0.2) is 0 Å². The van der Waals surface area contributed by atoms with E-state index in [9.17, 15) is 5.26 Å². The van der Waals surface area contributed by atoms with Gasteiger partial charge in [0.1, 0.15) is 5.54 Å². The van der Waals surface area contributed by atoms with Crippen LogP contribution in [0.2, 0.25) is 0 Å². The summed E-state index contributed by atoms with van der Waals surface area (Å²) in [4.78, 5) is 2.33. The minimum absolute atomic E-state index is 0.441. The van der Waals surface area contributed by atoms with Crippen molar-refractivity contribution in [3.05, 3.63) is 0 Å². The molecule has 0 aromatic carbocycles. The van der Waals surface area contributed by atoms with Crippen LogP contribution >= 0.6 is 0 Å². The molecule has 18 heavy (non-hydrogen) atoms. The number of hydrogen-bond acceptors (Lipinski definition) is 4. The van der Waals surface area contributed by atoms with Crippen molar-refractivity contribution >= 4 is 0 Å². The number of rotatable bonds is 9. The Kier molecular flexibility index (Phi) is 6.07. The Labute approximate surface area is 111 Å². The molecule has 0 heterocycles. The Bertz CT molecular complexity index is 283. The number of nitrogens with zero attached hydrogens (tertiary/aromatic N) is 2. The van der Waals surface area contributed by atoms with E-state index in [-0.39, 0.29) is 0 Å². The summed E-state index contributed by atoms with van der Waals surface area (Å²) in [7, 11) is 1.72. The lowest BCUT2D eigenvalue weighted by atomic mass is 10.0. The second kappa shape index (κ2) is 7.08. The Morgan fingerprint density at radius 2 is 2.17 bits per heavy atom. The molecule has 1 fully saturated rings. The van der Waals surface area contributed by atoms with Crippen LogP contribution in [0.5, 0.6) is 0 Å². The second-order valence-corrected chi connectivity index (χ2v) is 5.98. The summed E-state index contributed by atoms with van der Waals surface area (Å²) in [6.45, 7) is 9.80. The van der Waals surface area contributed by atoms with E-state index in [2.05, 4.69) is 30.1 Å². The first kappa shape index (κ1) is 15.4. The summed E-state index contributed by atoms with van der Waals surface area (Å²) in [5, 5.41) is 12.9. The molecule has 0 saturated heterocycles. The summed E-state index contributed by atoms with van der Waals surface area (Å²) >= 11 is 0. The van der Waals surface area contributed by atoms with Gasteiger partial charge in [-0.2, -0.15) is 5.26 Å². The predicted molar refractivity (Wildman–Crippen MR) is 73.3 cm³/mol. The van der Waals surface area contributed by atoms with Gasteiger partial charge in [0.05, 0.1) is 12.7 Å². The van der Waals surface area contributed by atoms with Crippen LogP contribution in [0.4, 0.5) is 0 Å². The van der Waals surface area contributed by atoms with Gasteiger partial charge in [-0.05, 0) is 25.7 Å². The maximum Gasteiger partial charge on any atom is 0.116 e. The summed E-state index contributed by atoms with van der Waals surface area (Å²) < 4.78 is 5.15. The predicted octanol–water partition coefficient (Wildman–Crippen LogP) is 1.63. The molecule has 1 N–H and O–H groups in total. The van der Waals surface area contributed by atoms with E-state index in [0.717, 1.165) is 26.2 Å². The summed E-state index contributed by atoms with van der Waals surface area (Å²) in [5.74, 6) is 0.603. The largest absolute Gasteiger partial charge is 0.383 e. The molecule has 1 unspecified atom stereocenters. The Morgan fingerprint density at radius 3 is 2.61 bits per heavy atom. The first-order valence-corrected chi connectivity index (χ1v) is 6.89. The third-order valence-electron chi connectivity index (χ3n) is 3.12. The van der Waals surface area contributed by atoms with Crippen LogP contribution in [0.1, 0.15) is 33.6 Å². The van der Waals surface area contributed by atoms with Gasteiger partial charge in [0.2, 0.25) is 0 Å². The molecule has 0 spiro atoms. The van der Waals surface area contributed by atoms with E-state index < -0.39 is 5.54 Å². The third kappa shape index (κ3) is 5.81. The summed E-state index contributed by atoms with van der Waals surface area (Å²) in [6, 6.07) is 2.99. The van der Waals surface area contributed by atoms with Crippen LogP contribution in [0, 0.1) is 17.2 Å². The van der Waals surface area contributed by atoms with Crippen LogP contribution < -0.4 is 5.32 Å². The van der Waals surface area contributed by atoms with Crippen molar-refractivity contribution in [2.24, 2.45) is 5.92 Å². The molecule has 1 aliphatic rings. The molecule has 0 amide bonds. The average molecular weight is 253 g/mol. The van der Waals surface area contributed by atoms with Gasteiger partial charge in [-0.3, -0.25) is 10.2 Å². The van der Waals surface area contributed by atoms with Crippen LogP contribution in [0.3, 0.4) is 0 Å².